The Morgan fingerprint density at radius 3 is 2.93 bits per heavy atom. The molecule has 1 heterocycles. The molecule has 0 aromatic rings. The van der Waals surface area contributed by atoms with Gasteiger partial charge in [0, 0.05) is 25.7 Å². The van der Waals surface area contributed by atoms with Gasteiger partial charge < -0.3 is 10.5 Å². The van der Waals surface area contributed by atoms with Gasteiger partial charge in [-0.3, -0.25) is 4.90 Å². The van der Waals surface area contributed by atoms with E-state index in [1.165, 1.54) is 38.6 Å². The summed E-state index contributed by atoms with van der Waals surface area (Å²) in [4.78, 5) is 2.50. The van der Waals surface area contributed by atoms with Crippen LogP contribution in [0.1, 0.15) is 39.0 Å². The van der Waals surface area contributed by atoms with Crippen molar-refractivity contribution in [2.75, 3.05) is 32.8 Å². The Morgan fingerprint density at radius 1 is 1.33 bits per heavy atom. The van der Waals surface area contributed by atoms with E-state index in [-0.39, 0.29) is 0 Å². The van der Waals surface area contributed by atoms with Crippen LogP contribution in [0, 0.1) is 0 Å². The fourth-order valence-electron chi connectivity index (χ4n) is 2.15. The van der Waals surface area contributed by atoms with Crippen molar-refractivity contribution < 1.29 is 4.74 Å². The summed E-state index contributed by atoms with van der Waals surface area (Å²) in [6.07, 6.45) is 6.33. The second kappa shape index (κ2) is 8.08. The van der Waals surface area contributed by atoms with Crippen molar-refractivity contribution in [1.82, 2.24) is 4.90 Å². The first-order valence-corrected chi connectivity index (χ1v) is 6.40. The van der Waals surface area contributed by atoms with Gasteiger partial charge in [-0.25, -0.2) is 0 Å². The Balaban J connectivity index is 2.07. The van der Waals surface area contributed by atoms with Gasteiger partial charge in [0.05, 0.1) is 6.61 Å². The van der Waals surface area contributed by atoms with Crippen LogP contribution in [0.5, 0.6) is 0 Å². The number of ether oxygens (including phenoxy) is 1. The third kappa shape index (κ3) is 4.96. The Labute approximate surface area is 94.0 Å². The summed E-state index contributed by atoms with van der Waals surface area (Å²) in [5.74, 6) is 0. The first-order valence-electron chi connectivity index (χ1n) is 6.40. The summed E-state index contributed by atoms with van der Waals surface area (Å²) < 4.78 is 5.59. The highest BCUT2D eigenvalue weighted by Gasteiger charge is 2.20. The minimum atomic E-state index is 0.605. The zero-order valence-corrected chi connectivity index (χ0v) is 10.1. The molecule has 1 fully saturated rings. The number of hydrogen-bond acceptors (Lipinski definition) is 3. The maximum Gasteiger partial charge on any atom is 0.0593 e. The van der Waals surface area contributed by atoms with Crippen LogP contribution in [0.4, 0.5) is 0 Å². The molecule has 1 atom stereocenters. The molecule has 90 valence electrons. The van der Waals surface area contributed by atoms with E-state index in [2.05, 4.69) is 11.8 Å². The van der Waals surface area contributed by atoms with Crippen LogP contribution in [0.2, 0.25) is 0 Å². The zero-order valence-electron chi connectivity index (χ0n) is 10.1. The van der Waals surface area contributed by atoms with Crippen LogP contribution in [0.15, 0.2) is 0 Å². The van der Waals surface area contributed by atoms with E-state index in [4.69, 9.17) is 10.5 Å². The monoisotopic (exact) mass is 214 g/mol. The van der Waals surface area contributed by atoms with Crippen molar-refractivity contribution in [3.63, 3.8) is 0 Å². The first-order chi connectivity index (χ1) is 7.38. The Hall–Kier alpha value is -0.120. The van der Waals surface area contributed by atoms with Crippen LogP contribution in [-0.4, -0.2) is 43.8 Å². The zero-order chi connectivity index (χ0) is 10.9. The first kappa shape index (κ1) is 12.9. The van der Waals surface area contributed by atoms with Crippen LogP contribution in [0.25, 0.3) is 0 Å². The highest BCUT2D eigenvalue weighted by molar-refractivity contribution is 4.77. The average Bonchev–Trinajstić information content (AvgIpc) is 2.29. The highest BCUT2D eigenvalue weighted by atomic mass is 16.5. The largest absolute Gasteiger partial charge is 0.380 e. The minimum Gasteiger partial charge on any atom is -0.380 e. The molecular formula is C12H26N2O. The molecule has 0 bridgehead atoms. The molecule has 0 spiro atoms. The summed E-state index contributed by atoms with van der Waals surface area (Å²) in [7, 11) is 0. The number of hydrogen-bond donors (Lipinski definition) is 1. The van der Waals surface area contributed by atoms with Crippen LogP contribution < -0.4 is 5.73 Å². The lowest BCUT2D eigenvalue weighted by atomic mass is 10.0. The van der Waals surface area contributed by atoms with Crippen LogP contribution >= 0.6 is 0 Å². The fraction of sp³-hybridized carbons (Fsp3) is 1.00. The lowest BCUT2D eigenvalue weighted by Gasteiger charge is -2.34. The molecule has 0 radical (unpaired) electrons. The molecule has 1 unspecified atom stereocenters. The summed E-state index contributed by atoms with van der Waals surface area (Å²) in [6.45, 7) is 7.05. The molecule has 15 heavy (non-hydrogen) atoms. The predicted octanol–water partition coefficient (Wildman–Crippen LogP) is 1.62. The molecule has 0 amide bonds. The van der Waals surface area contributed by atoms with E-state index < -0.39 is 0 Å². The topological polar surface area (TPSA) is 38.5 Å². The van der Waals surface area contributed by atoms with E-state index in [0.717, 1.165) is 26.3 Å². The molecule has 3 nitrogen and oxygen atoms in total. The molecule has 0 aromatic heterocycles. The quantitative estimate of drug-likeness (QED) is 0.654. The van der Waals surface area contributed by atoms with Crippen molar-refractivity contribution in [2.45, 2.75) is 45.1 Å². The standard InChI is InChI=1S/C12H26N2O/c1-2-3-9-15-10-8-14-7-5-4-6-12(14)11-13/h12H,2-11,13H2,1H3. The fourth-order valence-corrected chi connectivity index (χ4v) is 2.15. The number of rotatable bonds is 7. The van der Waals surface area contributed by atoms with Gasteiger partial charge >= 0.3 is 0 Å². The molecule has 0 saturated carbocycles. The minimum absolute atomic E-state index is 0.605. The average molecular weight is 214 g/mol. The van der Waals surface area contributed by atoms with E-state index >= 15 is 0 Å². The van der Waals surface area contributed by atoms with Crippen molar-refractivity contribution in [2.24, 2.45) is 5.73 Å². The van der Waals surface area contributed by atoms with Crippen molar-refractivity contribution in [3.05, 3.63) is 0 Å². The van der Waals surface area contributed by atoms with Crippen LogP contribution in [-0.2, 0) is 4.74 Å². The van der Waals surface area contributed by atoms with Crippen LogP contribution in [0.3, 0.4) is 0 Å². The van der Waals surface area contributed by atoms with Gasteiger partial charge in [0.15, 0.2) is 0 Å². The molecular weight excluding hydrogens is 188 g/mol. The van der Waals surface area contributed by atoms with E-state index in [9.17, 15) is 0 Å². The maximum absolute atomic E-state index is 5.76. The smallest absolute Gasteiger partial charge is 0.0593 e. The van der Waals surface area contributed by atoms with Crippen molar-refractivity contribution in [3.8, 4) is 0 Å². The van der Waals surface area contributed by atoms with Gasteiger partial charge in [-0.2, -0.15) is 0 Å². The van der Waals surface area contributed by atoms with E-state index in [1.54, 1.807) is 0 Å². The number of likely N-dealkylation sites (tertiary alicyclic amines) is 1. The van der Waals surface area contributed by atoms with Gasteiger partial charge in [-0.05, 0) is 25.8 Å². The molecule has 2 N–H and O–H groups in total. The molecule has 1 aliphatic rings. The summed E-state index contributed by atoms with van der Waals surface area (Å²) in [5.41, 5.74) is 5.76. The number of nitrogens with zero attached hydrogens (tertiary/aromatic N) is 1. The Kier molecular flexibility index (Phi) is 6.98. The SMILES string of the molecule is CCCCOCCN1CCCCC1CN. The van der Waals surface area contributed by atoms with Gasteiger partial charge in [-0.1, -0.05) is 19.8 Å². The summed E-state index contributed by atoms with van der Waals surface area (Å²) >= 11 is 0. The van der Waals surface area contributed by atoms with Gasteiger partial charge in [-0.15, -0.1) is 0 Å². The predicted molar refractivity (Wildman–Crippen MR) is 64.0 cm³/mol. The Bertz CT molecular complexity index is 153. The molecule has 1 rings (SSSR count). The molecule has 0 aliphatic carbocycles. The normalized spacial score (nSPS) is 23.2. The third-order valence-corrected chi connectivity index (χ3v) is 3.19. The maximum atomic E-state index is 5.76. The van der Waals surface area contributed by atoms with E-state index in [0.29, 0.717) is 6.04 Å². The lowest BCUT2D eigenvalue weighted by Crippen LogP contribution is -2.45. The third-order valence-electron chi connectivity index (χ3n) is 3.19. The molecule has 3 heteroatoms. The van der Waals surface area contributed by atoms with Gasteiger partial charge in [0.1, 0.15) is 0 Å². The van der Waals surface area contributed by atoms with E-state index in [1.807, 2.05) is 0 Å². The number of unbranched alkanes of at least 4 members (excludes halogenated alkanes) is 1. The number of nitrogens with two attached hydrogens (primary N) is 1. The second-order valence-corrected chi connectivity index (χ2v) is 4.39. The second-order valence-electron chi connectivity index (χ2n) is 4.39. The summed E-state index contributed by atoms with van der Waals surface area (Å²) in [6, 6.07) is 0.605. The summed E-state index contributed by atoms with van der Waals surface area (Å²) in [5, 5.41) is 0. The lowest BCUT2D eigenvalue weighted by molar-refractivity contribution is 0.0726. The Morgan fingerprint density at radius 2 is 2.20 bits per heavy atom. The van der Waals surface area contributed by atoms with Gasteiger partial charge in [0.25, 0.3) is 0 Å². The van der Waals surface area contributed by atoms with Crippen molar-refractivity contribution >= 4 is 0 Å². The molecule has 1 aliphatic heterocycles. The highest BCUT2D eigenvalue weighted by Crippen LogP contribution is 2.15. The van der Waals surface area contributed by atoms with Crippen molar-refractivity contribution in [1.29, 1.82) is 0 Å². The molecule has 0 aromatic carbocycles. The molecule has 1 saturated heterocycles. The van der Waals surface area contributed by atoms with Gasteiger partial charge in [0.2, 0.25) is 0 Å². The number of piperidine rings is 1.